The van der Waals surface area contributed by atoms with Crippen molar-refractivity contribution in [2.45, 2.75) is 20.3 Å². The number of nitrogens with one attached hydrogen (secondary N) is 2. The van der Waals surface area contributed by atoms with Crippen LogP contribution in [0.25, 0.3) is 0 Å². The first kappa shape index (κ1) is 13.5. The van der Waals surface area contributed by atoms with E-state index in [9.17, 15) is 9.59 Å². The number of hydrogen-bond acceptors (Lipinski definition) is 3. The molecule has 0 spiro atoms. The van der Waals surface area contributed by atoms with Crippen molar-refractivity contribution in [2.75, 3.05) is 19.7 Å². The number of alkyl carbamates (subject to hydrolysis) is 1. The van der Waals surface area contributed by atoms with E-state index in [1.54, 1.807) is 6.92 Å². The molecule has 6 heteroatoms. The molecule has 3 N–H and O–H groups in total. The number of carbonyl (C=O) groups excluding carboxylic acids is 1. The average Bonchev–Trinajstić information content (AvgIpc) is 2.14. The molecule has 0 saturated carbocycles. The molecule has 15 heavy (non-hydrogen) atoms. The second-order valence-electron chi connectivity index (χ2n) is 3.23. The van der Waals surface area contributed by atoms with Crippen LogP contribution in [-0.2, 0) is 4.74 Å². The maximum atomic E-state index is 10.9. The van der Waals surface area contributed by atoms with Crippen LogP contribution in [-0.4, -0.2) is 37.0 Å². The summed E-state index contributed by atoms with van der Waals surface area (Å²) in [6.45, 7) is 4.89. The fraction of sp³-hybridized carbons (Fsp3) is 0.778. The highest BCUT2D eigenvalue weighted by molar-refractivity contribution is 5.67. The minimum absolute atomic E-state index is 0.209. The van der Waals surface area contributed by atoms with Crippen molar-refractivity contribution >= 4 is 12.2 Å². The fourth-order valence-electron chi connectivity index (χ4n) is 0.967. The van der Waals surface area contributed by atoms with Crippen LogP contribution in [0, 0.1) is 5.92 Å². The second-order valence-corrected chi connectivity index (χ2v) is 3.23. The molecular formula is C9H18N2O4. The van der Waals surface area contributed by atoms with Gasteiger partial charge in [0.25, 0.3) is 0 Å². The maximum absolute atomic E-state index is 10.9. The molecule has 0 aliphatic rings. The number of carboxylic acid groups (broad SMARTS) is 1. The molecule has 2 amide bonds. The predicted octanol–water partition coefficient (Wildman–Crippen LogP) is 1.03. The molecule has 0 aliphatic carbocycles. The zero-order chi connectivity index (χ0) is 11.7. The normalized spacial score (nSPS) is 11.6. The molecule has 0 radical (unpaired) electrons. The van der Waals surface area contributed by atoms with E-state index < -0.39 is 12.2 Å². The maximum Gasteiger partial charge on any atom is 0.407 e. The van der Waals surface area contributed by atoms with Gasteiger partial charge in [-0.05, 0) is 19.3 Å². The highest BCUT2D eigenvalue weighted by atomic mass is 16.5. The summed E-state index contributed by atoms with van der Waals surface area (Å²) in [6.07, 6.45) is -0.783. The summed E-state index contributed by atoms with van der Waals surface area (Å²) >= 11 is 0. The molecule has 0 fully saturated rings. The summed E-state index contributed by atoms with van der Waals surface area (Å²) in [4.78, 5) is 21.0. The van der Waals surface area contributed by atoms with Gasteiger partial charge in [0.05, 0.1) is 6.61 Å². The van der Waals surface area contributed by atoms with Gasteiger partial charge in [-0.15, -0.1) is 0 Å². The molecule has 0 aromatic carbocycles. The average molecular weight is 218 g/mol. The Labute approximate surface area is 89.0 Å². The largest absolute Gasteiger partial charge is 0.465 e. The summed E-state index contributed by atoms with van der Waals surface area (Å²) in [7, 11) is 0. The summed E-state index contributed by atoms with van der Waals surface area (Å²) in [6, 6.07) is 0. The Morgan fingerprint density at radius 1 is 1.40 bits per heavy atom. The Bertz CT molecular complexity index is 208. The second kappa shape index (κ2) is 7.90. The topological polar surface area (TPSA) is 87.7 Å². The quantitative estimate of drug-likeness (QED) is 0.621. The third kappa shape index (κ3) is 8.86. The van der Waals surface area contributed by atoms with Crippen molar-refractivity contribution in [2.24, 2.45) is 5.92 Å². The molecule has 0 saturated heterocycles. The molecule has 0 bridgehead atoms. The van der Waals surface area contributed by atoms with Crippen LogP contribution in [0.5, 0.6) is 0 Å². The molecule has 6 nitrogen and oxygen atoms in total. The standard InChI is InChI=1S/C9H18N2O4/c1-3-15-9(14)11-6-7(2)4-5-10-8(12)13/h7,10H,3-6H2,1-2H3,(H,11,14)(H,12,13). The van der Waals surface area contributed by atoms with E-state index in [1.165, 1.54) is 0 Å². The van der Waals surface area contributed by atoms with Crippen molar-refractivity contribution < 1.29 is 19.4 Å². The molecule has 0 aromatic rings. The smallest absolute Gasteiger partial charge is 0.407 e. The molecular weight excluding hydrogens is 200 g/mol. The lowest BCUT2D eigenvalue weighted by atomic mass is 10.1. The number of ether oxygens (including phenoxy) is 1. The molecule has 0 aliphatic heterocycles. The summed E-state index contributed by atoms with van der Waals surface area (Å²) < 4.78 is 4.68. The fourth-order valence-corrected chi connectivity index (χ4v) is 0.967. The monoisotopic (exact) mass is 218 g/mol. The first-order valence-electron chi connectivity index (χ1n) is 4.93. The summed E-state index contributed by atoms with van der Waals surface area (Å²) in [5.41, 5.74) is 0. The Morgan fingerprint density at radius 2 is 2.07 bits per heavy atom. The van der Waals surface area contributed by atoms with Crippen LogP contribution >= 0.6 is 0 Å². The van der Waals surface area contributed by atoms with E-state index >= 15 is 0 Å². The van der Waals surface area contributed by atoms with Crippen molar-refractivity contribution in [3.63, 3.8) is 0 Å². The lowest BCUT2D eigenvalue weighted by Gasteiger charge is -2.12. The van der Waals surface area contributed by atoms with Crippen LogP contribution in [0.1, 0.15) is 20.3 Å². The van der Waals surface area contributed by atoms with E-state index in [-0.39, 0.29) is 5.92 Å². The van der Waals surface area contributed by atoms with Gasteiger partial charge in [0, 0.05) is 13.1 Å². The molecule has 0 aromatic heterocycles. The number of hydrogen-bond donors (Lipinski definition) is 3. The lowest BCUT2D eigenvalue weighted by Crippen LogP contribution is -2.31. The number of carbonyl (C=O) groups is 2. The van der Waals surface area contributed by atoms with Gasteiger partial charge < -0.3 is 20.5 Å². The molecule has 1 atom stereocenters. The van der Waals surface area contributed by atoms with Crippen molar-refractivity contribution in [1.82, 2.24) is 10.6 Å². The third-order valence-electron chi connectivity index (χ3n) is 1.78. The molecule has 88 valence electrons. The van der Waals surface area contributed by atoms with E-state index in [0.717, 1.165) is 0 Å². The van der Waals surface area contributed by atoms with Gasteiger partial charge in [0.1, 0.15) is 0 Å². The first-order valence-corrected chi connectivity index (χ1v) is 4.93. The van der Waals surface area contributed by atoms with Gasteiger partial charge in [0.2, 0.25) is 0 Å². The lowest BCUT2D eigenvalue weighted by molar-refractivity contribution is 0.150. The summed E-state index contributed by atoms with van der Waals surface area (Å²) in [5, 5.41) is 13.2. The summed E-state index contributed by atoms with van der Waals surface area (Å²) in [5.74, 6) is 0.209. The minimum Gasteiger partial charge on any atom is -0.465 e. The van der Waals surface area contributed by atoms with Gasteiger partial charge in [-0.1, -0.05) is 6.92 Å². The van der Waals surface area contributed by atoms with Crippen molar-refractivity contribution in [3.05, 3.63) is 0 Å². The Balaban J connectivity index is 3.44. The van der Waals surface area contributed by atoms with E-state index in [0.29, 0.717) is 26.1 Å². The van der Waals surface area contributed by atoms with Gasteiger partial charge in [-0.2, -0.15) is 0 Å². The highest BCUT2D eigenvalue weighted by Gasteiger charge is 2.05. The highest BCUT2D eigenvalue weighted by Crippen LogP contribution is 1.98. The Morgan fingerprint density at radius 3 is 2.60 bits per heavy atom. The van der Waals surface area contributed by atoms with Gasteiger partial charge in [-0.25, -0.2) is 9.59 Å². The van der Waals surface area contributed by atoms with Gasteiger partial charge in [0.15, 0.2) is 0 Å². The number of amides is 2. The van der Waals surface area contributed by atoms with Gasteiger partial charge in [-0.3, -0.25) is 0 Å². The first-order chi connectivity index (χ1) is 7.06. The van der Waals surface area contributed by atoms with E-state index in [1.807, 2.05) is 6.92 Å². The predicted molar refractivity (Wildman–Crippen MR) is 54.8 cm³/mol. The van der Waals surface area contributed by atoms with Gasteiger partial charge >= 0.3 is 12.2 Å². The molecule has 1 unspecified atom stereocenters. The Kier molecular flexibility index (Phi) is 7.13. The Hall–Kier alpha value is -1.46. The van der Waals surface area contributed by atoms with Crippen LogP contribution in [0.3, 0.4) is 0 Å². The third-order valence-corrected chi connectivity index (χ3v) is 1.78. The van der Waals surface area contributed by atoms with Crippen molar-refractivity contribution in [3.8, 4) is 0 Å². The minimum atomic E-state index is -1.03. The van der Waals surface area contributed by atoms with E-state index in [2.05, 4.69) is 15.4 Å². The van der Waals surface area contributed by atoms with Crippen LogP contribution in [0.4, 0.5) is 9.59 Å². The van der Waals surface area contributed by atoms with Crippen LogP contribution in [0.15, 0.2) is 0 Å². The number of rotatable bonds is 6. The van der Waals surface area contributed by atoms with Crippen LogP contribution in [0.2, 0.25) is 0 Å². The van der Waals surface area contributed by atoms with E-state index in [4.69, 9.17) is 5.11 Å². The zero-order valence-electron chi connectivity index (χ0n) is 9.08. The molecule has 0 rings (SSSR count). The van der Waals surface area contributed by atoms with Crippen molar-refractivity contribution in [1.29, 1.82) is 0 Å². The zero-order valence-corrected chi connectivity index (χ0v) is 9.08. The molecule has 0 heterocycles. The SMILES string of the molecule is CCOC(=O)NCC(C)CCNC(=O)O. The van der Waals surface area contributed by atoms with Crippen LogP contribution < -0.4 is 10.6 Å².